The molecule has 1 fully saturated rings. The van der Waals surface area contributed by atoms with Crippen LogP contribution in [0.1, 0.15) is 19.8 Å². The number of halogens is 2. The van der Waals surface area contributed by atoms with Crippen LogP contribution in [0.2, 0.25) is 0 Å². The lowest BCUT2D eigenvalue weighted by Gasteiger charge is -2.17. The second-order valence-electron chi connectivity index (χ2n) is 5.52. The second kappa shape index (κ2) is 8.05. The Balaban J connectivity index is 0.00000264. The van der Waals surface area contributed by atoms with Crippen LogP contribution in [-0.2, 0) is 14.8 Å². The molecule has 0 aromatic heterocycles. The van der Waals surface area contributed by atoms with Crippen LogP contribution in [0.25, 0.3) is 0 Å². The highest BCUT2D eigenvalue weighted by molar-refractivity contribution is 7.89. The van der Waals surface area contributed by atoms with Crippen molar-refractivity contribution >= 4 is 28.3 Å². The summed E-state index contributed by atoms with van der Waals surface area (Å²) in [6, 6.07) is 3.87. The van der Waals surface area contributed by atoms with Gasteiger partial charge in [-0.15, -0.1) is 12.4 Å². The van der Waals surface area contributed by atoms with E-state index in [1.54, 1.807) is 0 Å². The Bertz CT molecular complexity index is 652. The molecule has 2 rings (SSSR count). The number of carbonyl (C=O) groups is 1. The van der Waals surface area contributed by atoms with Gasteiger partial charge in [-0.05, 0) is 37.8 Å². The molecule has 1 aliphatic carbocycles. The van der Waals surface area contributed by atoms with Crippen molar-refractivity contribution in [1.29, 1.82) is 0 Å². The molecule has 130 valence electrons. The van der Waals surface area contributed by atoms with Crippen molar-refractivity contribution in [3.63, 3.8) is 0 Å². The highest BCUT2D eigenvalue weighted by Gasteiger charge is 2.29. The number of hydrogen-bond acceptors (Lipinski definition) is 4. The zero-order valence-corrected chi connectivity index (χ0v) is 14.3. The molecule has 0 aliphatic heterocycles. The summed E-state index contributed by atoms with van der Waals surface area (Å²) >= 11 is 0. The average Bonchev–Trinajstić information content (AvgIpc) is 3.28. The quantitative estimate of drug-likeness (QED) is 0.664. The molecule has 0 saturated heterocycles. The molecule has 2 atom stereocenters. The van der Waals surface area contributed by atoms with E-state index in [1.807, 2.05) is 0 Å². The largest absolute Gasteiger partial charge is 0.353 e. The fourth-order valence-corrected chi connectivity index (χ4v) is 3.36. The summed E-state index contributed by atoms with van der Waals surface area (Å²) in [5.74, 6) is -0.917. The zero-order chi connectivity index (χ0) is 16.3. The van der Waals surface area contributed by atoms with Gasteiger partial charge in [-0.1, -0.05) is 12.1 Å². The molecule has 0 radical (unpaired) electrons. The van der Waals surface area contributed by atoms with Crippen molar-refractivity contribution in [2.24, 2.45) is 11.7 Å². The Labute approximate surface area is 141 Å². The van der Waals surface area contributed by atoms with Gasteiger partial charge in [0.25, 0.3) is 0 Å². The molecule has 1 aliphatic rings. The van der Waals surface area contributed by atoms with Crippen LogP contribution in [0.5, 0.6) is 0 Å². The summed E-state index contributed by atoms with van der Waals surface area (Å²) in [7, 11) is -4.09. The van der Waals surface area contributed by atoms with Gasteiger partial charge in [0.1, 0.15) is 10.7 Å². The van der Waals surface area contributed by atoms with E-state index in [4.69, 9.17) is 5.73 Å². The first kappa shape index (κ1) is 19.8. The summed E-state index contributed by atoms with van der Waals surface area (Å²) in [5, 5.41) is 2.61. The van der Waals surface area contributed by atoms with Crippen LogP contribution in [0.4, 0.5) is 4.39 Å². The van der Waals surface area contributed by atoms with Crippen LogP contribution in [0.15, 0.2) is 29.2 Å². The molecule has 1 amide bonds. The minimum absolute atomic E-state index is 0. The summed E-state index contributed by atoms with van der Waals surface area (Å²) in [4.78, 5) is 11.4. The van der Waals surface area contributed by atoms with Crippen molar-refractivity contribution in [2.75, 3.05) is 6.54 Å². The first-order valence-corrected chi connectivity index (χ1v) is 8.59. The topological polar surface area (TPSA) is 101 Å². The monoisotopic (exact) mass is 365 g/mol. The Morgan fingerprint density at radius 2 is 2.00 bits per heavy atom. The van der Waals surface area contributed by atoms with E-state index in [0.29, 0.717) is 12.5 Å². The van der Waals surface area contributed by atoms with E-state index in [0.717, 1.165) is 25.0 Å². The van der Waals surface area contributed by atoms with E-state index in [9.17, 15) is 17.6 Å². The van der Waals surface area contributed by atoms with E-state index in [1.165, 1.54) is 19.1 Å². The number of rotatable bonds is 7. The minimum atomic E-state index is -4.09. The molecule has 9 heteroatoms. The van der Waals surface area contributed by atoms with Gasteiger partial charge in [0, 0.05) is 12.6 Å². The van der Waals surface area contributed by atoms with Crippen molar-refractivity contribution in [2.45, 2.75) is 36.7 Å². The lowest BCUT2D eigenvalue weighted by atomic mass is 10.2. The van der Waals surface area contributed by atoms with Gasteiger partial charge in [0.15, 0.2) is 0 Å². The molecule has 1 aromatic rings. The number of carbonyl (C=O) groups excluding carboxylic acids is 1. The lowest BCUT2D eigenvalue weighted by Crippen LogP contribution is -2.48. The summed E-state index contributed by atoms with van der Waals surface area (Å²) in [5.41, 5.74) is 5.86. The van der Waals surface area contributed by atoms with Crippen LogP contribution in [-0.4, -0.2) is 33.0 Å². The normalized spacial score (nSPS) is 17.0. The Morgan fingerprint density at radius 1 is 1.39 bits per heavy atom. The third-order valence-corrected chi connectivity index (χ3v) is 5.16. The fourth-order valence-electron chi connectivity index (χ4n) is 2.07. The summed E-state index contributed by atoms with van der Waals surface area (Å²) in [6.45, 7) is 1.70. The zero-order valence-electron chi connectivity index (χ0n) is 12.7. The molecule has 6 nitrogen and oxygen atoms in total. The molecule has 1 aromatic carbocycles. The van der Waals surface area contributed by atoms with E-state index < -0.39 is 32.7 Å². The van der Waals surface area contributed by atoms with E-state index >= 15 is 0 Å². The number of sulfonamides is 1. The minimum Gasteiger partial charge on any atom is -0.353 e. The number of hydrogen-bond donors (Lipinski definition) is 3. The van der Waals surface area contributed by atoms with Gasteiger partial charge in [-0.3, -0.25) is 4.79 Å². The predicted octanol–water partition coefficient (Wildman–Crippen LogP) is 0.768. The molecule has 0 heterocycles. The molecule has 2 unspecified atom stereocenters. The predicted molar refractivity (Wildman–Crippen MR) is 87.1 cm³/mol. The van der Waals surface area contributed by atoms with Gasteiger partial charge in [-0.25, -0.2) is 12.8 Å². The summed E-state index contributed by atoms with van der Waals surface area (Å²) in [6.07, 6.45) is 2.12. The molecule has 1 saturated carbocycles. The second-order valence-corrected chi connectivity index (χ2v) is 7.20. The van der Waals surface area contributed by atoms with Gasteiger partial charge in [0.05, 0.1) is 6.04 Å². The first-order valence-electron chi connectivity index (χ1n) is 7.11. The maximum Gasteiger partial charge on any atom is 0.244 e. The van der Waals surface area contributed by atoms with Gasteiger partial charge in [0.2, 0.25) is 15.9 Å². The Hall–Kier alpha value is -1.22. The van der Waals surface area contributed by atoms with Crippen molar-refractivity contribution in [3.8, 4) is 0 Å². The molecular weight excluding hydrogens is 345 g/mol. The average molecular weight is 366 g/mol. The Morgan fingerprint density at radius 3 is 2.57 bits per heavy atom. The standard InChI is InChI=1S/C14H20FN3O3S.ClH/c1-9(14(19)17-8-12(16)10-6-7-10)18-22(20,21)13-5-3-2-4-11(13)15;/h2-5,9-10,12,18H,6-8,16H2,1H3,(H,17,19);1H. The van der Waals surface area contributed by atoms with E-state index in [2.05, 4.69) is 10.0 Å². The lowest BCUT2D eigenvalue weighted by molar-refractivity contribution is -0.122. The molecule has 4 N–H and O–H groups in total. The van der Waals surface area contributed by atoms with E-state index in [-0.39, 0.29) is 18.4 Å². The highest BCUT2D eigenvalue weighted by Crippen LogP contribution is 2.31. The van der Waals surface area contributed by atoms with Crippen LogP contribution >= 0.6 is 12.4 Å². The van der Waals surface area contributed by atoms with Crippen LogP contribution in [0, 0.1) is 11.7 Å². The number of benzene rings is 1. The first-order chi connectivity index (χ1) is 10.3. The third kappa shape index (κ3) is 5.42. The number of nitrogens with one attached hydrogen (secondary N) is 2. The van der Waals surface area contributed by atoms with Gasteiger partial charge >= 0.3 is 0 Å². The Kier molecular flexibility index (Phi) is 6.94. The van der Waals surface area contributed by atoms with Crippen LogP contribution in [0.3, 0.4) is 0 Å². The van der Waals surface area contributed by atoms with Crippen LogP contribution < -0.4 is 15.8 Å². The summed E-state index contributed by atoms with van der Waals surface area (Å²) < 4.78 is 39.8. The number of nitrogens with two attached hydrogens (primary N) is 1. The molecular formula is C14H21ClFN3O3S. The molecule has 23 heavy (non-hydrogen) atoms. The van der Waals surface area contributed by atoms with Gasteiger partial charge in [-0.2, -0.15) is 4.72 Å². The van der Waals surface area contributed by atoms with Crippen molar-refractivity contribution < 1.29 is 17.6 Å². The smallest absolute Gasteiger partial charge is 0.244 e. The maximum atomic E-state index is 13.6. The maximum absolute atomic E-state index is 13.6. The van der Waals surface area contributed by atoms with Crippen molar-refractivity contribution in [1.82, 2.24) is 10.0 Å². The molecule has 0 bridgehead atoms. The van der Waals surface area contributed by atoms with Gasteiger partial charge < -0.3 is 11.1 Å². The molecule has 0 spiro atoms. The highest BCUT2D eigenvalue weighted by atomic mass is 35.5. The number of amides is 1. The third-order valence-electron chi connectivity index (χ3n) is 3.59. The van der Waals surface area contributed by atoms with Crippen molar-refractivity contribution in [3.05, 3.63) is 30.1 Å². The fraction of sp³-hybridized carbons (Fsp3) is 0.500. The SMILES string of the molecule is CC(NS(=O)(=O)c1ccccc1F)C(=O)NCC(N)C1CC1.Cl.